The van der Waals surface area contributed by atoms with Crippen molar-refractivity contribution in [2.75, 3.05) is 13.2 Å². The number of hydrogen-bond donors (Lipinski definition) is 3. The van der Waals surface area contributed by atoms with Crippen molar-refractivity contribution < 1.29 is 23.0 Å². The molecule has 5 unspecified atom stereocenters. The molecule has 2 aliphatic rings. The Morgan fingerprint density at radius 3 is 2.62 bits per heavy atom. The van der Waals surface area contributed by atoms with E-state index < -0.39 is 46.9 Å². The van der Waals surface area contributed by atoms with E-state index in [1.807, 2.05) is 34.6 Å². The zero-order valence-corrected chi connectivity index (χ0v) is 24.3. The molecule has 1 aromatic heterocycles. The van der Waals surface area contributed by atoms with Gasteiger partial charge in [0.1, 0.15) is 11.6 Å². The van der Waals surface area contributed by atoms with E-state index in [9.17, 15) is 4.79 Å². The Bertz CT molecular complexity index is 1230. The molecule has 11 heteroatoms. The fourth-order valence-electron chi connectivity index (χ4n) is 5.63. The van der Waals surface area contributed by atoms with Crippen molar-refractivity contribution in [2.24, 2.45) is 11.1 Å². The molecule has 0 aliphatic carbocycles. The number of carbonyl (C=O) groups is 1. The van der Waals surface area contributed by atoms with Crippen LogP contribution in [0.4, 0.5) is 8.78 Å². The molecule has 5 atom stereocenters. The maximum Gasteiger partial charge on any atom is 0.237 e. The highest BCUT2D eigenvalue weighted by Crippen LogP contribution is 2.49. The normalized spacial score (nSPS) is 28.6. The van der Waals surface area contributed by atoms with Gasteiger partial charge in [-0.05, 0) is 49.8 Å². The first kappa shape index (κ1) is 30.1. The maximum absolute atomic E-state index is 15.6. The zero-order valence-electron chi connectivity index (χ0n) is 22.8. The van der Waals surface area contributed by atoms with Gasteiger partial charge >= 0.3 is 0 Å². The summed E-state index contributed by atoms with van der Waals surface area (Å²) in [6.07, 6.45) is 2.09. The Labute approximate surface area is 238 Å². The number of hydrogen-bond acceptors (Lipinski definition) is 6. The summed E-state index contributed by atoms with van der Waals surface area (Å²) in [6, 6.07) is 3.98. The van der Waals surface area contributed by atoms with Gasteiger partial charge in [0.25, 0.3) is 0 Å². The molecule has 7 nitrogen and oxygen atoms in total. The highest BCUT2D eigenvalue weighted by Gasteiger charge is 2.59. The number of amides is 1. The largest absolute Gasteiger partial charge is 0.355 e. The number of carbonyl (C=O) groups excluding carboxylic acids is 1. The van der Waals surface area contributed by atoms with Crippen LogP contribution in [0, 0.1) is 17.0 Å². The molecule has 39 heavy (non-hydrogen) atoms. The lowest BCUT2D eigenvalue weighted by Crippen LogP contribution is -2.53. The Morgan fingerprint density at radius 1 is 1.28 bits per heavy atom. The third-order valence-corrected chi connectivity index (χ3v) is 7.77. The van der Waals surface area contributed by atoms with Crippen LogP contribution < -0.4 is 16.4 Å². The molecule has 1 amide bonds. The Morgan fingerprint density at radius 2 is 2.00 bits per heavy atom. The van der Waals surface area contributed by atoms with E-state index in [1.54, 1.807) is 6.07 Å². The van der Waals surface area contributed by atoms with Gasteiger partial charge in [0.15, 0.2) is 5.79 Å². The quantitative estimate of drug-likeness (QED) is 0.422. The first-order chi connectivity index (χ1) is 18.1. The molecule has 2 aliphatic heterocycles. The fourth-order valence-corrected chi connectivity index (χ4v) is 5.95. The van der Waals surface area contributed by atoms with Gasteiger partial charge in [-0.1, -0.05) is 56.1 Å². The maximum atomic E-state index is 15.6. The average molecular weight is 586 g/mol. The highest BCUT2D eigenvalue weighted by molar-refractivity contribution is 6.31. The fraction of sp³-hybridized carbons (Fsp3) is 0.571. The van der Waals surface area contributed by atoms with E-state index in [0.29, 0.717) is 26.0 Å². The number of aromatic nitrogens is 1. The van der Waals surface area contributed by atoms with Gasteiger partial charge in [0, 0.05) is 24.7 Å². The summed E-state index contributed by atoms with van der Waals surface area (Å²) in [5, 5.41) is 6.22. The van der Waals surface area contributed by atoms with Crippen LogP contribution in [0.2, 0.25) is 10.0 Å². The molecule has 2 saturated heterocycles. The van der Waals surface area contributed by atoms with E-state index in [2.05, 4.69) is 15.6 Å². The second-order valence-corrected chi connectivity index (χ2v) is 12.9. The molecule has 2 fully saturated rings. The number of ether oxygens (including phenoxy) is 2. The van der Waals surface area contributed by atoms with Gasteiger partial charge in [-0.25, -0.2) is 8.78 Å². The monoisotopic (exact) mass is 584 g/mol. The molecule has 3 heterocycles. The zero-order chi connectivity index (χ0) is 28.8. The first-order valence-corrected chi connectivity index (χ1v) is 13.8. The Hall–Kier alpha value is -1.88. The lowest BCUT2D eigenvalue weighted by molar-refractivity contribution is -0.138. The molecule has 0 saturated carbocycles. The molecule has 214 valence electrons. The number of halogens is 4. The number of nitrogens with one attached hydrogen (secondary N) is 2. The van der Waals surface area contributed by atoms with Crippen LogP contribution in [0.1, 0.15) is 64.6 Å². The van der Waals surface area contributed by atoms with Crippen molar-refractivity contribution in [1.29, 1.82) is 0 Å². The molecule has 1 aromatic carbocycles. The second-order valence-electron chi connectivity index (χ2n) is 12.0. The van der Waals surface area contributed by atoms with E-state index in [4.69, 9.17) is 38.4 Å². The third kappa shape index (κ3) is 6.39. The number of nitrogens with two attached hydrogens (primary N) is 1. The first-order valence-electron chi connectivity index (χ1n) is 13.0. The van der Waals surface area contributed by atoms with Gasteiger partial charge in [0.2, 0.25) is 5.91 Å². The van der Waals surface area contributed by atoms with Crippen molar-refractivity contribution in [3.8, 4) is 0 Å². The minimum Gasteiger partial charge on any atom is -0.355 e. The van der Waals surface area contributed by atoms with Crippen LogP contribution in [-0.2, 0) is 19.8 Å². The SMILES string of the molecule is CC(C)(C)CC1NC(C(=O)NCCC2COC(C)(C)O2)C(c2cccc(Cl)c2F)C1(N)c1ncc(Cl)cc1F. The summed E-state index contributed by atoms with van der Waals surface area (Å²) in [7, 11) is 0. The van der Waals surface area contributed by atoms with Crippen LogP contribution in [0.3, 0.4) is 0 Å². The number of pyridine rings is 1. The lowest BCUT2D eigenvalue weighted by Gasteiger charge is -2.38. The van der Waals surface area contributed by atoms with Crippen LogP contribution >= 0.6 is 23.2 Å². The summed E-state index contributed by atoms with van der Waals surface area (Å²) in [4.78, 5) is 18.0. The summed E-state index contributed by atoms with van der Waals surface area (Å²) in [5.41, 5.74) is 5.22. The minimum absolute atomic E-state index is 0.0965. The van der Waals surface area contributed by atoms with Crippen molar-refractivity contribution in [3.63, 3.8) is 0 Å². The van der Waals surface area contributed by atoms with Crippen LogP contribution in [0.25, 0.3) is 0 Å². The summed E-state index contributed by atoms with van der Waals surface area (Å²) >= 11 is 12.2. The summed E-state index contributed by atoms with van der Waals surface area (Å²) in [6.45, 7) is 10.4. The molecule has 0 bridgehead atoms. The lowest BCUT2D eigenvalue weighted by atomic mass is 9.70. The van der Waals surface area contributed by atoms with Gasteiger partial charge < -0.3 is 25.8 Å². The van der Waals surface area contributed by atoms with Crippen LogP contribution in [0.5, 0.6) is 0 Å². The van der Waals surface area contributed by atoms with Crippen LogP contribution in [0.15, 0.2) is 30.5 Å². The summed E-state index contributed by atoms with van der Waals surface area (Å²) < 4.78 is 42.5. The van der Waals surface area contributed by atoms with Gasteiger partial charge in [-0.3, -0.25) is 9.78 Å². The molecule has 0 radical (unpaired) electrons. The molecule has 4 rings (SSSR count). The van der Waals surface area contributed by atoms with Crippen molar-refractivity contribution in [2.45, 2.75) is 82.9 Å². The van der Waals surface area contributed by atoms with E-state index in [-0.39, 0.29) is 32.8 Å². The van der Waals surface area contributed by atoms with Gasteiger partial charge in [-0.15, -0.1) is 0 Å². The predicted octanol–water partition coefficient (Wildman–Crippen LogP) is 5.04. The van der Waals surface area contributed by atoms with Crippen LogP contribution in [-0.4, -0.2) is 48.0 Å². The minimum atomic E-state index is -1.62. The summed E-state index contributed by atoms with van der Waals surface area (Å²) in [5.74, 6) is -3.58. The number of benzene rings is 1. The predicted molar refractivity (Wildman–Crippen MR) is 147 cm³/mol. The average Bonchev–Trinajstić information content (AvgIpc) is 3.31. The standard InChI is InChI=1S/C28H36Cl2F2N4O3/c1-26(2,3)12-20-28(33,24-19(31)11-15(29)13-35-24)21(17-7-6-8-18(30)22(17)32)23(36-20)25(37)34-10-9-16-14-38-27(4,5)39-16/h6-8,11,13,16,20-21,23,36H,9-10,12,14,33H2,1-5H3,(H,34,37). The van der Waals surface area contributed by atoms with E-state index in [0.717, 1.165) is 6.07 Å². The molecular formula is C28H36Cl2F2N4O3. The van der Waals surface area contributed by atoms with E-state index >= 15 is 8.78 Å². The van der Waals surface area contributed by atoms with Crippen molar-refractivity contribution in [1.82, 2.24) is 15.6 Å². The van der Waals surface area contributed by atoms with Gasteiger partial charge in [0.05, 0.1) is 40.0 Å². The molecule has 4 N–H and O–H groups in total. The van der Waals surface area contributed by atoms with Gasteiger partial charge in [-0.2, -0.15) is 0 Å². The Kier molecular flexibility index (Phi) is 8.63. The van der Waals surface area contributed by atoms with E-state index in [1.165, 1.54) is 18.3 Å². The molecule has 0 spiro atoms. The molecule has 2 aromatic rings. The topological polar surface area (TPSA) is 98.5 Å². The van der Waals surface area contributed by atoms with Crippen molar-refractivity contribution in [3.05, 3.63) is 63.4 Å². The number of nitrogens with zero attached hydrogens (tertiary/aromatic N) is 1. The second kappa shape index (κ2) is 11.2. The van der Waals surface area contributed by atoms with Crippen molar-refractivity contribution >= 4 is 29.1 Å². The Balaban J connectivity index is 1.74. The smallest absolute Gasteiger partial charge is 0.237 e. The number of rotatable bonds is 7. The third-order valence-electron chi connectivity index (χ3n) is 7.27. The highest BCUT2D eigenvalue weighted by atomic mass is 35.5. The molecular weight excluding hydrogens is 549 g/mol.